The smallest absolute Gasteiger partial charge is 0.326 e. The van der Waals surface area contributed by atoms with Crippen LogP contribution in [0.15, 0.2) is 0 Å². The number of hydrogen-bond acceptors (Lipinski definition) is 4. The maximum atomic E-state index is 12.0. The molecule has 2 atom stereocenters. The summed E-state index contributed by atoms with van der Waals surface area (Å²) in [6, 6.07) is -1.30. The number of carboxylic acid groups (broad SMARTS) is 1. The lowest BCUT2D eigenvalue weighted by atomic mass is 9.94. The van der Waals surface area contributed by atoms with Crippen LogP contribution in [0.1, 0.15) is 25.7 Å². The van der Waals surface area contributed by atoms with Crippen molar-refractivity contribution in [1.82, 2.24) is 15.1 Å². The summed E-state index contributed by atoms with van der Waals surface area (Å²) in [4.78, 5) is 26.6. The summed E-state index contributed by atoms with van der Waals surface area (Å²) in [5.41, 5.74) is 0. The Hall–Kier alpha value is -1.34. The van der Waals surface area contributed by atoms with E-state index in [0.717, 1.165) is 32.4 Å². The van der Waals surface area contributed by atoms with Crippen LogP contribution < -0.4 is 5.32 Å². The van der Waals surface area contributed by atoms with Crippen LogP contribution in [0.2, 0.25) is 0 Å². The highest BCUT2D eigenvalue weighted by Crippen LogP contribution is 2.20. The molecule has 2 heterocycles. The molecule has 0 bridgehead atoms. The molecule has 21 heavy (non-hydrogen) atoms. The Morgan fingerprint density at radius 2 is 1.95 bits per heavy atom. The molecule has 3 N–H and O–H groups in total. The number of carboxylic acids is 1. The second-order valence-electron chi connectivity index (χ2n) is 6.16. The lowest BCUT2D eigenvalue weighted by molar-refractivity contribution is -0.141. The van der Waals surface area contributed by atoms with Crippen molar-refractivity contribution >= 4 is 12.0 Å². The minimum absolute atomic E-state index is 0.0943. The molecule has 0 aromatic rings. The summed E-state index contributed by atoms with van der Waals surface area (Å²) in [6.45, 7) is 2.85. The summed E-state index contributed by atoms with van der Waals surface area (Å²) < 4.78 is 0. The van der Waals surface area contributed by atoms with Crippen molar-refractivity contribution in [3.05, 3.63) is 0 Å². The summed E-state index contributed by atoms with van der Waals surface area (Å²) in [7, 11) is 2.11. The fourth-order valence-electron chi connectivity index (χ4n) is 3.11. The van der Waals surface area contributed by atoms with E-state index >= 15 is 0 Å². The first kappa shape index (κ1) is 16.0. The van der Waals surface area contributed by atoms with Crippen molar-refractivity contribution in [2.45, 2.75) is 37.8 Å². The van der Waals surface area contributed by atoms with Crippen molar-refractivity contribution < 1.29 is 19.8 Å². The van der Waals surface area contributed by atoms with E-state index in [-0.39, 0.29) is 19.0 Å². The van der Waals surface area contributed by atoms with Gasteiger partial charge in [0.1, 0.15) is 6.04 Å². The number of urea groups is 1. The normalized spacial score (nSPS) is 27.8. The fraction of sp³-hybridized carbons (Fsp3) is 0.857. The quantitative estimate of drug-likeness (QED) is 0.677. The molecule has 7 heteroatoms. The Labute approximate surface area is 124 Å². The second-order valence-corrected chi connectivity index (χ2v) is 6.16. The minimum Gasteiger partial charge on any atom is -0.480 e. The number of aliphatic hydroxyl groups excluding tert-OH is 1. The van der Waals surface area contributed by atoms with Gasteiger partial charge in [-0.15, -0.1) is 0 Å². The van der Waals surface area contributed by atoms with Gasteiger partial charge in [-0.25, -0.2) is 9.59 Å². The molecule has 2 aliphatic heterocycles. The number of aliphatic carboxylic acids is 1. The van der Waals surface area contributed by atoms with Gasteiger partial charge in [0.2, 0.25) is 0 Å². The topological polar surface area (TPSA) is 93.1 Å². The van der Waals surface area contributed by atoms with E-state index in [1.165, 1.54) is 4.90 Å². The molecule has 2 saturated heterocycles. The maximum Gasteiger partial charge on any atom is 0.326 e. The fourth-order valence-corrected chi connectivity index (χ4v) is 3.11. The van der Waals surface area contributed by atoms with Gasteiger partial charge >= 0.3 is 12.0 Å². The van der Waals surface area contributed by atoms with Crippen LogP contribution in [-0.4, -0.2) is 77.4 Å². The third-order valence-corrected chi connectivity index (χ3v) is 4.49. The minimum atomic E-state index is -1.06. The van der Waals surface area contributed by atoms with Crippen LogP contribution in [0.4, 0.5) is 4.79 Å². The van der Waals surface area contributed by atoms with Gasteiger partial charge in [-0.3, -0.25) is 0 Å². The van der Waals surface area contributed by atoms with E-state index in [1.54, 1.807) is 0 Å². The molecule has 2 unspecified atom stereocenters. The number of β-amino-alcohol motifs (C(OH)–C–C–N with tert-alkyl or cyclic N) is 1. The van der Waals surface area contributed by atoms with Crippen molar-refractivity contribution in [1.29, 1.82) is 0 Å². The van der Waals surface area contributed by atoms with E-state index in [4.69, 9.17) is 5.11 Å². The zero-order valence-electron chi connectivity index (χ0n) is 12.5. The molecule has 0 spiro atoms. The number of rotatable bonds is 4. The zero-order valence-corrected chi connectivity index (χ0v) is 12.5. The zero-order chi connectivity index (χ0) is 15.4. The predicted molar refractivity (Wildman–Crippen MR) is 77.0 cm³/mol. The number of carbonyl (C=O) groups is 2. The lowest BCUT2D eigenvalue weighted by Gasteiger charge is -2.29. The molecule has 2 aliphatic rings. The monoisotopic (exact) mass is 299 g/mol. The van der Waals surface area contributed by atoms with Crippen molar-refractivity contribution in [3.8, 4) is 0 Å². The number of carbonyl (C=O) groups excluding carboxylic acids is 1. The third-order valence-electron chi connectivity index (χ3n) is 4.49. The van der Waals surface area contributed by atoms with Crippen LogP contribution >= 0.6 is 0 Å². The molecule has 2 amide bonds. The van der Waals surface area contributed by atoms with Crippen molar-refractivity contribution in [3.63, 3.8) is 0 Å². The highest BCUT2D eigenvalue weighted by atomic mass is 16.4. The van der Waals surface area contributed by atoms with Gasteiger partial charge in [-0.1, -0.05) is 0 Å². The number of nitrogens with zero attached hydrogens (tertiary/aromatic N) is 2. The van der Waals surface area contributed by atoms with Crippen molar-refractivity contribution in [2.75, 3.05) is 33.2 Å². The highest BCUT2D eigenvalue weighted by Gasteiger charge is 2.38. The summed E-state index contributed by atoms with van der Waals surface area (Å²) in [6.07, 6.45) is 2.58. The van der Waals surface area contributed by atoms with Crippen LogP contribution in [0.5, 0.6) is 0 Å². The molecule has 0 aliphatic carbocycles. The van der Waals surface area contributed by atoms with Gasteiger partial charge in [0.05, 0.1) is 6.10 Å². The average molecular weight is 299 g/mol. The van der Waals surface area contributed by atoms with Gasteiger partial charge in [0.15, 0.2) is 0 Å². The first-order chi connectivity index (χ1) is 9.97. The van der Waals surface area contributed by atoms with Gasteiger partial charge in [-0.05, 0) is 45.3 Å². The molecule has 2 rings (SSSR count). The molecule has 0 radical (unpaired) electrons. The van der Waals surface area contributed by atoms with E-state index < -0.39 is 18.1 Å². The lowest BCUT2D eigenvalue weighted by Crippen LogP contribution is -2.46. The highest BCUT2D eigenvalue weighted by molar-refractivity contribution is 5.83. The number of nitrogens with one attached hydrogen (secondary N) is 1. The molecule has 7 nitrogen and oxygen atoms in total. The second kappa shape index (κ2) is 7.09. The maximum absolute atomic E-state index is 12.0. The number of likely N-dealkylation sites (tertiary alicyclic amines) is 2. The molecule has 120 valence electrons. The number of hydrogen-bond donors (Lipinski definition) is 3. The van der Waals surface area contributed by atoms with Gasteiger partial charge < -0.3 is 25.3 Å². The summed E-state index contributed by atoms with van der Waals surface area (Å²) in [5.74, 6) is -0.432. The first-order valence-electron chi connectivity index (χ1n) is 7.61. The molecule has 0 saturated carbocycles. The van der Waals surface area contributed by atoms with E-state index in [1.807, 2.05) is 0 Å². The summed E-state index contributed by atoms with van der Waals surface area (Å²) >= 11 is 0. The Kier molecular flexibility index (Phi) is 5.41. The molecule has 0 aromatic heterocycles. The Balaban J connectivity index is 1.73. The van der Waals surface area contributed by atoms with Crippen LogP contribution in [0.25, 0.3) is 0 Å². The Bertz CT molecular complexity index is 382. The molecular formula is C14H25N3O4. The van der Waals surface area contributed by atoms with E-state index in [2.05, 4.69) is 17.3 Å². The molecule has 2 fully saturated rings. The van der Waals surface area contributed by atoms with E-state index in [9.17, 15) is 14.7 Å². The number of aliphatic hydroxyl groups is 1. The molecular weight excluding hydrogens is 274 g/mol. The Morgan fingerprint density at radius 3 is 2.57 bits per heavy atom. The van der Waals surface area contributed by atoms with Crippen LogP contribution in [0, 0.1) is 5.92 Å². The predicted octanol–water partition coefficient (Wildman–Crippen LogP) is -0.0523. The Morgan fingerprint density at radius 1 is 1.29 bits per heavy atom. The molecule has 0 aromatic carbocycles. The summed E-state index contributed by atoms with van der Waals surface area (Å²) in [5, 5.41) is 21.4. The third kappa shape index (κ3) is 4.31. The van der Waals surface area contributed by atoms with E-state index in [0.29, 0.717) is 12.5 Å². The number of amides is 2. The van der Waals surface area contributed by atoms with Gasteiger partial charge in [0, 0.05) is 19.5 Å². The standard InChI is InChI=1S/C14H25N3O4/c1-16-6-3-10(4-7-16)2-5-15-14(21)17-9-11(18)8-12(17)13(19)20/h10-12,18H,2-9H2,1H3,(H,15,21)(H,19,20). The van der Waals surface area contributed by atoms with Gasteiger partial charge in [0.25, 0.3) is 0 Å². The van der Waals surface area contributed by atoms with Crippen molar-refractivity contribution in [2.24, 2.45) is 5.92 Å². The van der Waals surface area contributed by atoms with Crippen LogP contribution in [0.3, 0.4) is 0 Å². The first-order valence-corrected chi connectivity index (χ1v) is 7.61. The number of piperidine rings is 1. The van der Waals surface area contributed by atoms with Gasteiger partial charge in [-0.2, -0.15) is 0 Å². The average Bonchev–Trinajstić information content (AvgIpc) is 2.83. The SMILES string of the molecule is CN1CCC(CCNC(=O)N2CC(O)CC2C(=O)O)CC1. The van der Waals surface area contributed by atoms with Crippen LogP contribution in [-0.2, 0) is 4.79 Å². The largest absolute Gasteiger partial charge is 0.480 e.